The molecule has 1 aliphatic heterocycles. The molecule has 0 aromatic heterocycles. The number of ether oxygens (including phenoxy) is 2. The minimum absolute atomic E-state index is 0.147. The van der Waals surface area contributed by atoms with Crippen LogP contribution in [-0.2, 0) is 19.5 Å². The molecule has 1 aromatic rings. The standard InChI is InChI=1S/C18H29N3O5S/c1-14-12-21(13-15(2)26-14)27(23,24)17-6-4-16(5-7-17)18(22)20-9-8-19-10-11-25-3/h4-7,14-15,19H,8-13H2,1-3H3,(H,20,22). The van der Waals surface area contributed by atoms with Crippen LogP contribution in [0.3, 0.4) is 0 Å². The first kappa shape index (κ1) is 21.8. The van der Waals surface area contributed by atoms with E-state index in [-0.39, 0.29) is 23.0 Å². The first-order chi connectivity index (χ1) is 12.8. The summed E-state index contributed by atoms with van der Waals surface area (Å²) >= 11 is 0. The Balaban J connectivity index is 1.92. The number of amides is 1. The molecule has 1 fully saturated rings. The van der Waals surface area contributed by atoms with Gasteiger partial charge in [-0.05, 0) is 38.1 Å². The third-order valence-corrected chi connectivity index (χ3v) is 6.06. The molecule has 8 nitrogen and oxygen atoms in total. The van der Waals surface area contributed by atoms with Gasteiger partial charge in [0.05, 0.1) is 23.7 Å². The third-order valence-electron chi connectivity index (χ3n) is 4.21. The van der Waals surface area contributed by atoms with Crippen LogP contribution in [0, 0.1) is 0 Å². The fraction of sp³-hybridized carbons (Fsp3) is 0.611. The van der Waals surface area contributed by atoms with E-state index in [0.29, 0.717) is 38.3 Å². The molecule has 2 N–H and O–H groups in total. The summed E-state index contributed by atoms with van der Waals surface area (Å²) < 4.78 is 37.6. The van der Waals surface area contributed by atoms with E-state index in [1.807, 2.05) is 13.8 Å². The third kappa shape index (κ3) is 6.25. The van der Waals surface area contributed by atoms with Crippen molar-refractivity contribution in [2.45, 2.75) is 31.0 Å². The predicted molar refractivity (Wildman–Crippen MR) is 102 cm³/mol. The minimum Gasteiger partial charge on any atom is -0.383 e. The number of morpholine rings is 1. The van der Waals surface area contributed by atoms with Gasteiger partial charge in [-0.2, -0.15) is 4.31 Å². The molecule has 0 radical (unpaired) electrons. The Morgan fingerprint density at radius 2 is 1.78 bits per heavy atom. The van der Waals surface area contributed by atoms with Crippen molar-refractivity contribution in [1.82, 2.24) is 14.9 Å². The molecule has 0 aliphatic carbocycles. The molecule has 1 saturated heterocycles. The van der Waals surface area contributed by atoms with Gasteiger partial charge in [-0.1, -0.05) is 0 Å². The van der Waals surface area contributed by atoms with E-state index in [4.69, 9.17) is 9.47 Å². The fourth-order valence-corrected chi connectivity index (χ4v) is 4.51. The van der Waals surface area contributed by atoms with Crippen molar-refractivity contribution in [3.63, 3.8) is 0 Å². The molecule has 0 saturated carbocycles. The molecule has 27 heavy (non-hydrogen) atoms. The summed E-state index contributed by atoms with van der Waals surface area (Å²) in [5.41, 5.74) is 0.426. The van der Waals surface area contributed by atoms with E-state index in [0.717, 1.165) is 6.54 Å². The zero-order valence-electron chi connectivity index (χ0n) is 16.1. The van der Waals surface area contributed by atoms with E-state index in [1.54, 1.807) is 7.11 Å². The SMILES string of the molecule is COCCNCCNC(=O)c1ccc(S(=O)(=O)N2CC(C)OC(C)C2)cc1. The quantitative estimate of drug-likeness (QED) is 0.585. The van der Waals surface area contributed by atoms with Crippen molar-refractivity contribution in [2.24, 2.45) is 0 Å². The summed E-state index contributed by atoms with van der Waals surface area (Å²) in [5.74, 6) is -0.235. The number of nitrogens with zero attached hydrogens (tertiary/aromatic N) is 1. The number of benzene rings is 1. The van der Waals surface area contributed by atoms with Crippen LogP contribution in [0.5, 0.6) is 0 Å². The maximum Gasteiger partial charge on any atom is 0.251 e. The first-order valence-electron chi connectivity index (χ1n) is 9.08. The van der Waals surface area contributed by atoms with Gasteiger partial charge in [-0.3, -0.25) is 4.79 Å². The molecule has 1 heterocycles. The lowest BCUT2D eigenvalue weighted by Crippen LogP contribution is -2.48. The number of nitrogens with one attached hydrogen (secondary N) is 2. The summed E-state index contributed by atoms with van der Waals surface area (Å²) in [6, 6.07) is 6.03. The zero-order valence-corrected chi connectivity index (χ0v) is 16.9. The number of hydrogen-bond acceptors (Lipinski definition) is 6. The van der Waals surface area contributed by atoms with Gasteiger partial charge < -0.3 is 20.1 Å². The van der Waals surface area contributed by atoms with Gasteiger partial charge in [0.2, 0.25) is 10.0 Å². The number of carbonyl (C=O) groups is 1. The average molecular weight is 400 g/mol. The molecular weight excluding hydrogens is 370 g/mol. The molecule has 1 amide bonds. The Morgan fingerprint density at radius 3 is 2.37 bits per heavy atom. The van der Waals surface area contributed by atoms with Crippen LogP contribution in [0.15, 0.2) is 29.2 Å². The number of hydrogen-bond donors (Lipinski definition) is 2. The highest BCUT2D eigenvalue weighted by molar-refractivity contribution is 7.89. The maximum absolute atomic E-state index is 12.8. The van der Waals surface area contributed by atoms with E-state index >= 15 is 0 Å². The van der Waals surface area contributed by atoms with E-state index < -0.39 is 10.0 Å². The Hall–Kier alpha value is -1.52. The molecule has 0 bridgehead atoms. The Kier molecular flexibility index (Phi) is 8.18. The van der Waals surface area contributed by atoms with Crippen molar-refractivity contribution >= 4 is 15.9 Å². The lowest BCUT2D eigenvalue weighted by Gasteiger charge is -2.34. The largest absolute Gasteiger partial charge is 0.383 e. The second kappa shape index (κ2) is 10.1. The van der Waals surface area contributed by atoms with Crippen LogP contribution in [0.2, 0.25) is 0 Å². The summed E-state index contributed by atoms with van der Waals surface area (Å²) in [6.07, 6.45) is -0.294. The van der Waals surface area contributed by atoms with Crippen LogP contribution in [-0.4, -0.2) is 77.3 Å². The monoisotopic (exact) mass is 399 g/mol. The van der Waals surface area contributed by atoms with Gasteiger partial charge in [0.25, 0.3) is 5.91 Å². The normalized spacial score (nSPS) is 21.1. The second-order valence-corrected chi connectivity index (χ2v) is 8.54. The summed E-state index contributed by atoms with van der Waals surface area (Å²) in [7, 11) is -1.97. The van der Waals surface area contributed by atoms with Gasteiger partial charge in [0, 0.05) is 45.4 Å². The highest BCUT2D eigenvalue weighted by Gasteiger charge is 2.32. The zero-order chi connectivity index (χ0) is 19.9. The van der Waals surface area contributed by atoms with Gasteiger partial charge in [0.1, 0.15) is 0 Å². The summed E-state index contributed by atoms with van der Waals surface area (Å²) in [5, 5.41) is 5.92. The smallest absolute Gasteiger partial charge is 0.251 e. The number of sulfonamides is 1. The lowest BCUT2D eigenvalue weighted by molar-refractivity contribution is -0.0440. The maximum atomic E-state index is 12.8. The molecule has 1 aromatic carbocycles. The second-order valence-electron chi connectivity index (χ2n) is 6.60. The number of carbonyl (C=O) groups excluding carboxylic acids is 1. The molecule has 1 aliphatic rings. The predicted octanol–water partition coefficient (Wildman–Crippen LogP) is 0.450. The minimum atomic E-state index is -3.60. The topological polar surface area (TPSA) is 97.0 Å². The Bertz CT molecular complexity index is 698. The molecule has 2 atom stereocenters. The van der Waals surface area contributed by atoms with Crippen molar-refractivity contribution < 1.29 is 22.7 Å². The summed E-state index contributed by atoms with van der Waals surface area (Å²) in [6.45, 7) is 6.81. The summed E-state index contributed by atoms with van der Waals surface area (Å²) in [4.78, 5) is 12.3. The Morgan fingerprint density at radius 1 is 1.15 bits per heavy atom. The van der Waals surface area contributed by atoms with E-state index in [9.17, 15) is 13.2 Å². The first-order valence-corrected chi connectivity index (χ1v) is 10.5. The average Bonchev–Trinajstić information content (AvgIpc) is 2.63. The van der Waals surface area contributed by atoms with Gasteiger partial charge >= 0.3 is 0 Å². The van der Waals surface area contributed by atoms with Crippen LogP contribution in [0.4, 0.5) is 0 Å². The number of methoxy groups -OCH3 is 1. The molecule has 2 unspecified atom stereocenters. The van der Waals surface area contributed by atoms with Crippen molar-refractivity contribution in [1.29, 1.82) is 0 Å². The number of rotatable bonds is 9. The van der Waals surface area contributed by atoms with Crippen LogP contribution in [0.1, 0.15) is 24.2 Å². The van der Waals surface area contributed by atoms with E-state index in [1.165, 1.54) is 28.6 Å². The lowest BCUT2D eigenvalue weighted by atomic mass is 10.2. The highest BCUT2D eigenvalue weighted by Crippen LogP contribution is 2.21. The van der Waals surface area contributed by atoms with E-state index in [2.05, 4.69) is 10.6 Å². The molecule has 2 rings (SSSR count). The molecular formula is C18H29N3O5S. The van der Waals surface area contributed by atoms with Crippen LogP contribution < -0.4 is 10.6 Å². The fourth-order valence-electron chi connectivity index (χ4n) is 2.92. The van der Waals surface area contributed by atoms with Crippen molar-refractivity contribution in [2.75, 3.05) is 46.4 Å². The van der Waals surface area contributed by atoms with Gasteiger partial charge in [-0.15, -0.1) is 0 Å². The van der Waals surface area contributed by atoms with Gasteiger partial charge in [0.15, 0.2) is 0 Å². The van der Waals surface area contributed by atoms with Crippen molar-refractivity contribution in [3.8, 4) is 0 Å². The van der Waals surface area contributed by atoms with Crippen LogP contribution >= 0.6 is 0 Å². The highest BCUT2D eigenvalue weighted by atomic mass is 32.2. The Labute approximate surface area is 161 Å². The van der Waals surface area contributed by atoms with Crippen molar-refractivity contribution in [3.05, 3.63) is 29.8 Å². The molecule has 0 spiro atoms. The van der Waals surface area contributed by atoms with Gasteiger partial charge in [-0.25, -0.2) is 8.42 Å². The molecule has 152 valence electrons. The molecule has 9 heteroatoms. The van der Waals surface area contributed by atoms with Crippen LogP contribution in [0.25, 0.3) is 0 Å².